The number of amides is 3. The molecule has 120 valence electrons. The number of hydrogen-bond donors (Lipinski definition) is 2. The summed E-state index contributed by atoms with van der Waals surface area (Å²) in [6.07, 6.45) is 1.15. The Kier molecular flexibility index (Phi) is 6.61. The summed E-state index contributed by atoms with van der Waals surface area (Å²) in [5, 5.41) is 10.9. The molecule has 2 atom stereocenters. The first-order valence-electron chi connectivity index (χ1n) is 7.33. The smallest absolute Gasteiger partial charge is 0.324 e. The molecule has 0 saturated carbocycles. The van der Waals surface area contributed by atoms with E-state index in [1.165, 1.54) is 0 Å². The zero-order chi connectivity index (χ0) is 16.0. The fourth-order valence-electron chi connectivity index (χ4n) is 2.39. The average Bonchev–Trinajstić information content (AvgIpc) is 2.40. The van der Waals surface area contributed by atoms with Crippen molar-refractivity contribution in [2.24, 2.45) is 0 Å². The highest BCUT2D eigenvalue weighted by Crippen LogP contribution is 2.13. The van der Waals surface area contributed by atoms with Crippen LogP contribution in [0.4, 0.5) is 4.79 Å². The van der Waals surface area contributed by atoms with Crippen molar-refractivity contribution in [2.45, 2.75) is 51.6 Å². The van der Waals surface area contributed by atoms with Crippen molar-refractivity contribution in [3.8, 4) is 0 Å². The summed E-state index contributed by atoms with van der Waals surface area (Å²) in [6.45, 7) is 5.28. The summed E-state index contributed by atoms with van der Waals surface area (Å²) in [7, 11) is 2.03. The minimum Gasteiger partial charge on any atom is -0.481 e. The molecule has 1 saturated heterocycles. The van der Waals surface area contributed by atoms with E-state index >= 15 is 0 Å². The van der Waals surface area contributed by atoms with Gasteiger partial charge in [-0.25, -0.2) is 4.79 Å². The van der Waals surface area contributed by atoms with Crippen LogP contribution >= 0.6 is 0 Å². The van der Waals surface area contributed by atoms with Gasteiger partial charge in [0.05, 0.1) is 0 Å². The van der Waals surface area contributed by atoms with Crippen molar-refractivity contribution in [1.29, 1.82) is 0 Å². The van der Waals surface area contributed by atoms with Crippen molar-refractivity contribution >= 4 is 17.9 Å². The molecule has 1 heterocycles. The molecule has 0 spiro atoms. The van der Waals surface area contributed by atoms with Gasteiger partial charge in [-0.05, 0) is 33.7 Å². The van der Waals surface area contributed by atoms with Gasteiger partial charge in [-0.1, -0.05) is 0 Å². The molecule has 1 fully saturated rings. The Balaban J connectivity index is 2.32. The molecule has 0 radical (unpaired) electrons. The highest BCUT2D eigenvalue weighted by molar-refractivity contribution is 5.94. The molecular weight excluding hydrogens is 274 g/mol. The number of nitrogens with zero attached hydrogens (tertiary/aromatic N) is 2. The second kappa shape index (κ2) is 7.97. The van der Waals surface area contributed by atoms with Crippen LogP contribution in [0.1, 0.15) is 39.5 Å². The number of imide groups is 1. The van der Waals surface area contributed by atoms with Gasteiger partial charge in [0, 0.05) is 38.0 Å². The lowest BCUT2D eigenvalue weighted by molar-refractivity contribution is -0.137. The van der Waals surface area contributed by atoms with Crippen molar-refractivity contribution in [2.75, 3.05) is 20.1 Å². The molecule has 7 nitrogen and oxygen atoms in total. The number of likely N-dealkylation sites (N-methyl/N-ethyl adjacent to an activating group) is 1. The lowest BCUT2D eigenvalue weighted by Crippen LogP contribution is -2.58. The van der Waals surface area contributed by atoms with Crippen LogP contribution < -0.4 is 5.32 Å². The number of carbonyl (C=O) groups is 3. The Hall–Kier alpha value is -1.63. The van der Waals surface area contributed by atoms with Gasteiger partial charge in [0.2, 0.25) is 5.91 Å². The van der Waals surface area contributed by atoms with Crippen molar-refractivity contribution in [3.05, 3.63) is 0 Å². The molecule has 0 aromatic carbocycles. The lowest BCUT2D eigenvalue weighted by Gasteiger charge is -2.42. The third-order valence-corrected chi connectivity index (χ3v) is 3.94. The van der Waals surface area contributed by atoms with Crippen LogP contribution in [0.2, 0.25) is 0 Å². The van der Waals surface area contributed by atoms with Gasteiger partial charge in [-0.3, -0.25) is 19.8 Å². The number of urea groups is 1. The van der Waals surface area contributed by atoms with Crippen molar-refractivity contribution < 1.29 is 19.5 Å². The molecule has 7 heteroatoms. The van der Waals surface area contributed by atoms with E-state index < -0.39 is 5.97 Å². The molecule has 0 aliphatic carbocycles. The summed E-state index contributed by atoms with van der Waals surface area (Å²) in [6, 6.07) is 0.153. The number of carboxylic acid groups (broad SMARTS) is 1. The van der Waals surface area contributed by atoms with Gasteiger partial charge < -0.3 is 10.0 Å². The molecule has 2 N–H and O–H groups in total. The van der Waals surface area contributed by atoms with E-state index in [2.05, 4.69) is 10.2 Å². The molecular formula is C14H25N3O4. The highest BCUT2D eigenvalue weighted by Gasteiger charge is 2.29. The summed E-state index contributed by atoms with van der Waals surface area (Å²) in [5.74, 6) is -1.21. The standard InChI is InChI=1S/C14H25N3O4/c1-10-8-17(9-11(2)16(10)3)14(21)15-12(18)6-4-5-7-13(19)20/h10-11H,4-9H2,1-3H3,(H,19,20)(H,15,18,21). The van der Waals surface area contributed by atoms with Crippen LogP contribution in [-0.2, 0) is 9.59 Å². The van der Waals surface area contributed by atoms with Crippen LogP contribution in [0, 0.1) is 0 Å². The second-order valence-electron chi connectivity index (χ2n) is 5.72. The van der Waals surface area contributed by atoms with Crippen molar-refractivity contribution in [1.82, 2.24) is 15.1 Å². The normalized spacial score (nSPS) is 22.9. The first-order chi connectivity index (χ1) is 9.81. The van der Waals surface area contributed by atoms with Crippen LogP contribution in [0.15, 0.2) is 0 Å². The maximum absolute atomic E-state index is 12.0. The fraction of sp³-hybridized carbons (Fsp3) is 0.786. The molecule has 0 aromatic rings. The topological polar surface area (TPSA) is 90.0 Å². The van der Waals surface area contributed by atoms with E-state index in [9.17, 15) is 14.4 Å². The molecule has 1 rings (SSSR count). The molecule has 3 amide bonds. The van der Waals surface area contributed by atoms with Gasteiger partial charge in [0.1, 0.15) is 0 Å². The minimum absolute atomic E-state index is 0.0503. The SMILES string of the molecule is CC1CN(C(=O)NC(=O)CCCCC(=O)O)CC(C)N1C. The number of rotatable bonds is 5. The first-order valence-corrected chi connectivity index (χ1v) is 7.33. The molecule has 1 aliphatic heterocycles. The Bertz CT molecular complexity index is 388. The largest absolute Gasteiger partial charge is 0.481 e. The van der Waals surface area contributed by atoms with Gasteiger partial charge in [0.15, 0.2) is 0 Å². The van der Waals surface area contributed by atoms with E-state index in [1.54, 1.807) is 4.90 Å². The van der Waals surface area contributed by atoms with Gasteiger partial charge >= 0.3 is 12.0 Å². The Morgan fingerprint density at radius 2 is 1.62 bits per heavy atom. The van der Waals surface area contributed by atoms with E-state index in [0.717, 1.165) is 0 Å². The monoisotopic (exact) mass is 299 g/mol. The second-order valence-corrected chi connectivity index (χ2v) is 5.72. The molecule has 21 heavy (non-hydrogen) atoms. The number of carbonyl (C=O) groups excluding carboxylic acids is 2. The summed E-state index contributed by atoms with van der Waals surface area (Å²) >= 11 is 0. The molecule has 0 aromatic heterocycles. The van der Waals surface area contributed by atoms with Crippen molar-refractivity contribution in [3.63, 3.8) is 0 Å². The predicted octanol–water partition coefficient (Wildman–Crippen LogP) is 0.892. The van der Waals surface area contributed by atoms with Crippen LogP contribution in [-0.4, -0.2) is 65.0 Å². The Morgan fingerprint density at radius 1 is 1.10 bits per heavy atom. The minimum atomic E-state index is -0.869. The zero-order valence-corrected chi connectivity index (χ0v) is 13.0. The number of aliphatic carboxylic acids is 1. The molecule has 1 aliphatic rings. The molecule has 0 bridgehead atoms. The van der Waals surface area contributed by atoms with E-state index in [4.69, 9.17) is 5.11 Å². The number of unbranched alkanes of at least 4 members (excludes halogenated alkanes) is 1. The third kappa shape index (κ3) is 5.71. The predicted molar refractivity (Wildman–Crippen MR) is 77.9 cm³/mol. The summed E-state index contributed by atoms with van der Waals surface area (Å²) < 4.78 is 0. The average molecular weight is 299 g/mol. The zero-order valence-electron chi connectivity index (χ0n) is 13.0. The summed E-state index contributed by atoms with van der Waals surface area (Å²) in [4.78, 5) is 37.9. The maximum Gasteiger partial charge on any atom is 0.324 e. The highest BCUT2D eigenvalue weighted by atomic mass is 16.4. The number of hydrogen-bond acceptors (Lipinski definition) is 4. The lowest BCUT2D eigenvalue weighted by atomic mass is 10.1. The fourth-order valence-corrected chi connectivity index (χ4v) is 2.39. The van der Waals surface area contributed by atoms with Gasteiger partial charge in [-0.2, -0.15) is 0 Å². The maximum atomic E-state index is 12.0. The summed E-state index contributed by atoms with van der Waals surface area (Å²) in [5.41, 5.74) is 0. The number of piperazine rings is 1. The third-order valence-electron chi connectivity index (χ3n) is 3.94. The van der Waals surface area contributed by atoms with Crippen LogP contribution in [0.5, 0.6) is 0 Å². The van der Waals surface area contributed by atoms with E-state index in [-0.39, 0.29) is 36.9 Å². The van der Waals surface area contributed by atoms with E-state index in [0.29, 0.717) is 25.9 Å². The number of nitrogens with one attached hydrogen (secondary N) is 1. The Labute approximate surface area is 125 Å². The first kappa shape index (κ1) is 17.4. The van der Waals surface area contributed by atoms with Gasteiger partial charge in [-0.15, -0.1) is 0 Å². The van der Waals surface area contributed by atoms with Gasteiger partial charge in [0.25, 0.3) is 0 Å². The van der Waals surface area contributed by atoms with Crippen LogP contribution in [0.3, 0.4) is 0 Å². The number of carboxylic acids is 1. The Morgan fingerprint density at radius 3 is 2.14 bits per heavy atom. The van der Waals surface area contributed by atoms with E-state index in [1.807, 2.05) is 20.9 Å². The molecule has 2 unspecified atom stereocenters. The quantitative estimate of drug-likeness (QED) is 0.736. The van der Waals surface area contributed by atoms with Crippen LogP contribution in [0.25, 0.3) is 0 Å².